The average Bonchev–Trinajstić information content (AvgIpc) is 3.26. The third-order valence-electron chi connectivity index (χ3n) is 6.33. The summed E-state index contributed by atoms with van der Waals surface area (Å²) >= 11 is 0. The zero-order chi connectivity index (χ0) is 19.0. The molecule has 142 valence electrons. The van der Waals surface area contributed by atoms with E-state index in [9.17, 15) is 9.59 Å². The molecule has 1 saturated heterocycles. The SMILES string of the molecule is CC(=O)O/C(C)=C/C=C\[C@H]1C(=O)N([C@H]2C[C@@H]3CC[C@H]2C3)[C@H]1c1ccccc1. The molecule has 4 nitrogen and oxygen atoms in total. The van der Waals surface area contributed by atoms with Crippen LogP contribution in [0.1, 0.15) is 51.1 Å². The highest BCUT2D eigenvalue weighted by Crippen LogP contribution is 2.53. The highest BCUT2D eigenvalue weighted by molar-refractivity contribution is 5.88. The van der Waals surface area contributed by atoms with Crippen molar-refractivity contribution in [3.05, 3.63) is 59.9 Å². The zero-order valence-electron chi connectivity index (χ0n) is 16.0. The summed E-state index contributed by atoms with van der Waals surface area (Å²) in [6.07, 6.45) is 10.6. The van der Waals surface area contributed by atoms with Gasteiger partial charge < -0.3 is 9.64 Å². The van der Waals surface area contributed by atoms with Gasteiger partial charge in [0.05, 0.1) is 12.0 Å². The van der Waals surface area contributed by atoms with Crippen LogP contribution in [-0.2, 0) is 14.3 Å². The molecular formula is C23H27NO3. The maximum absolute atomic E-state index is 13.0. The Morgan fingerprint density at radius 3 is 2.56 bits per heavy atom. The monoisotopic (exact) mass is 365 g/mol. The zero-order valence-corrected chi connectivity index (χ0v) is 16.0. The van der Waals surface area contributed by atoms with Crippen molar-refractivity contribution in [2.75, 3.05) is 0 Å². The summed E-state index contributed by atoms with van der Waals surface area (Å²) in [6.45, 7) is 3.12. The smallest absolute Gasteiger partial charge is 0.307 e. The van der Waals surface area contributed by atoms with E-state index < -0.39 is 0 Å². The molecule has 4 heteroatoms. The van der Waals surface area contributed by atoms with Gasteiger partial charge in [0.25, 0.3) is 0 Å². The summed E-state index contributed by atoms with van der Waals surface area (Å²) in [7, 11) is 0. The molecule has 0 spiro atoms. The first-order valence-corrected chi connectivity index (χ1v) is 9.95. The Labute approximate surface area is 160 Å². The predicted molar refractivity (Wildman–Crippen MR) is 103 cm³/mol. The first kappa shape index (κ1) is 18.0. The Kier molecular flexibility index (Phi) is 4.90. The number of esters is 1. The van der Waals surface area contributed by atoms with Crippen LogP contribution in [0, 0.1) is 17.8 Å². The van der Waals surface area contributed by atoms with E-state index in [-0.39, 0.29) is 23.8 Å². The van der Waals surface area contributed by atoms with E-state index in [4.69, 9.17) is 4.74 Å². The minimum atomic E-state index is -0.332. The number of benzene rings is 1. The summed E-state index contributed by atoms with van der Waals surface area (Å²) in [6, 6.07) is 10.9. The number of nitrogens with zero attached hydrogens (tertiary/aromatic N) is 1. The minimum absolute atomic E-state index is 0.113. The molecule has 2 bridgehead atoms. The van der Waals surface area contributed by atoms with Gasteiger partial charge in [-0.3, -0.25) is 9.59 Å². The maximum Gasteiger partial charge on any atom is 0.307 e. The summed E-state index contributed by atoms with van der Waals surface area (Å²) in [5.41, 5.74) is 1.20. The van der Waals surface area contributed by atoms with Gasteiger partial charge in [-0.1, -0.05) is 48.9 Å². The molecule has 4 rings (SSSR count). The number of ether oxygens (including phenoxy) is 1. The van der Waals surface area contributed by atoms with Crippen LogP contribution in [-0.4, -0.2) is 22.8 Å². The number of β-lactam (4-membered cyclic amide) rings is 1. The van der Waals surface area contributed by atoms with Gasteiger partial charge in [0.15, 0.2) is 0 Å². The molecule has 3 aliphatic rings. The van der Waals surface area contributed by atoms with E-state index in [1.807, 2.05) is 30.4 Å². The number of fused-ring (bicyclic) bond motifs is 2. The lowest BCUT2D eigenvalue weighted by molar-refractivity contribution is -0.160. The van der Waals surface area contributed by atoms with Crippen molar-refractivity contribution in [2.45, 2.75) is 51.6 Å². The summed E-state index contributed by atoms with van der Waals surface area (Å²) in [5.74, 6) is 1.78. The number of amides is 1. The fourth-order valence-electron chi connectivity index (χ4n) is 5.23. The van der Waals surface area contributed by atoms with Crippen LogP contribution in [0.25, 0.3) is 0 Å². The number of rotatable bonds is 5. The van der Waals surface area contributed by atoms with Crippen LogP contribution in [0.4, 0.5) is 0 Å². The van der Waals surface area contributed by atoms with Crippen LogP contribution in [0.2, 0.25) is 0 Å². The summed E-state index contributed by atoms with van der Waals surface area (Å²) in [4.78, 5) is 26.2. The summed E-state index contributed by atoms with van der Waals surface area (Å²) in [5, 5.41) is 0. The van der Waals surface area contributed by atoms with Gasteiger partial charge in [0.1, 0.15) is 5.76 Å². The standard InChI is InChI=1S/C23H27NO3/c1-15(27-16(2)25)7-6-10-20-22(18-8-4-3-5-9-18)24(23(20)26)21-14-17-11-12-19(21)13-17/h3-10,17,19-22H,11-14H2,1-2H3/b10-6-,15-7+/t17-,19+,20-,21+,22+/m1/s1. The molecule has 0 N–H and O–H groups in total. The first-order chi connectivity index (χ1) is 13.0. The second kappa shape index (κ2) is 7.34. The Morgan fingerprint density at radius 1 is 1.15 bits per heavy atom. The Bertz CT molecular complexity index is 782. The quantitative estimate of drug-likeness (QED) is 0.336. The van der Waals surface area contributed by atoms with Gasteiger partial charge in [-0.2, -0.15) is 0 Å². The molecule has 0 radical (unpaired) electrons. The van der Waals surface area contributed by atoms with Crippen LogP contribution in [0.15, 0.2) is 54.3 Å². The number of hydrogen-bond acceptors (Lipinski definition) is 3. The molecular weight excluding hydrogens is 338 g/mol. The molecule has 2 aliphatic carbocycles. The molecule has 0 unspecified atom stereocenters. The number of hydrogen-bond donors (Lipinski definition) is 0. The van der Waals surface area contributed by atoms with Gasteiger partial charge in [-0.15, -0.1) is 0 Å². The summed E-state index contributed by atoms with van der Waals surface area (Å²) < 4.78 is 5.03. The van der Waals surface area contributed by atoms with Crippen molar-refractivity contribution in [3.8, 4) is 0 Å². The Hall–Kier alpha value is -2.36. The third kappa shape index (κ3) is 3.45. The normalized spacial score (nSPS) is 32.8. The first-order valence-electron chi connectivity index (χ1n) is 9.95. The van der Waals surface area contributed by atoms with Crippen LogP contribution in [0.3, 0.4) is 0 Å². The van der Waals surface area contributed by atoms with Gasteiger partial charge >= 0.3 is 5.97 Å². The fraction of sp³-hybridized carbons (Fsp3) is 0.478. The third-order valence-corrected chi connectivity index (χ3v) is 6.33. The molecule has 1 aliphatic heterocycles. The topological polar surface area (TPSA) is 46.6 Å². The number of carbonyl (C=O) groups is 2. The number of allylic oxidation sites excluding steroid dienone is 3. The van der Waals surface area contributed by atoms with E-state index in [0.29, 0.717) is 17.7 Å². The van der Waals surface area contributed by atoms with Gasteiger partial charge in [-0.25, -0.2) is 0 Å². The molecule has 1 aromatic rings. The van der Waals surface area contributed by atoms with Crippen LogP contribution in [0.5, 0.6) is 0 Å². The van der Waals surface area contributed by atoms with Gasteiger partial charge in [0, 0.05) is 13.0 Å². The largest absolute Gasteiger partial charge is 0.432 e. The second-order valence-electron chi connectivity index (χ2n) is 8.12. The molecule has 2 saturated carbocycles. The highest BCUT2D eigenvalue weighted by Gasteiger charge is 2.54. The molecule has 1 aromatic carbocycles. The van der Waals surface area contributed by atoms with E-state index in [2.05, 4.69) is 17.0 Å². The molecule has 27 heavy (non-hydrogen) atoms. The molecule has 5 atom stereocenters. The minimum Gasteiger partial charge on any atom is -0.432 e. The van der Waals surface area contributed by atoms with E-state index in [0.717, 1.165) is 5.92 Å². The van der Waals surface area contributed by atoms with E-state index >= 15 is 0 Å². The van der Waals surface area contributed by atoms with Crippen molar-refractivity contribution >= 4 is 11.9 Å². The Balaban J connectivity index is 1.54. The molecule has 1 heterocycles. The number of likely N-dealkylation sites (tertiary alicyclic amines) is 1. The van der Waals surface area contributed by atoms with Gasteiger partial charge in [-0.05, 0) is 49.7 Å². The van der Waals surface area contributed by atoms with Crippen LogP contribution >= 0.6 is 0 Å². The van der Waals surface area contributed by atoms with Crippen molar-refractivity contribution < 1.29 is 14.3 Å². The second-order valence-corrected chi connectivity index (χ2v) is 8.12. The lowest BCUT2D eigenvalue weighted by Gasteiger charge is -2.52. The molecule has 1 amide bonds. The van der Waals surface area contributed by atoms with E-state index in [1.54, 1.807) is 13.0 Å². The van der Waals surface area contributed by atoms with Crippen molar-refractivity contribution in [1.82, 2.24) is 4.90 Å². The molecule has 0 aromatic heterocycles. The van der Waals surface area contributed by atoms with E-state index in [1.165, 1.54) is 38.2 Å². The van der Waals surface area contributed by atoms with Crippen molar-refractivity contribution in [2.24, 2.45) is 17.8 Å². The van der Waals surface area contributed by atoms with Crippen molar-refractivity contribution in [1.29, 1.82) is 0 Å². The van der Waals surface area contributed by atoms with Crippen LogP contribution < -0.4 is 0 Å². The Morgan fingerprint density at radius 2 is 1.93 bits per heavy atom. The maximum atomic E-state index is 13.0. The van der Waals surface area contributed by atoms with Crippen molar-refractivity contribution in [3.63, 3.8) is 0 Å². The highest BCUT2D eigenvalue weighted by atomic mass is 16.5. The number of carbonyl (C=O) groups excluding carboxylic acids is 2. The predicted octanol–water partition coefficient (Wildman–Crippen LogP) is 4.40. The average molecular weight is 365 g/mol. The fourth-order valence-corrected chi connectivity index (χ4v) is 5.23. The molecule has 3 fully saturated rings. The lowest BCUT2D eigenvalue weighted by Crippen LogP contribution is -2.59. The lowest BCUT2D eigenvalue weighted by atomic mass is 9.78. The van der Waals surface area contributed by atoms with Gasteiger partial charge in [0.2, 0.25) is 5.91 Å².